The summed E-state index contributed by atoms with van der Waals surface area (Å²) in [4.78, 5) is 28.2. The summed E-state index contributed by atoms with van der Waals surface area (Å²) >= 11 is 0. The molecule has 0 aliphatic carbocycles. The molecular formula is C29H27F3N6O8S. The lowest BCUT2D eigenvalue weighted by Crippen LogP contribution is -2.35. The first-order valence-electron chi connectivity index (χ1n) is 13.5. The van der Waals surface area contributed by atoms with Crippen LogP contribution in [0.4, 0.5) is 18.0 Å². The molecule has 1 N–H and O–H groups in total. The molecule has 0 unspecified atom stereocenters. The zero-order valence-electron chi connectivity index (χ0n) is 24.7. The van der Waals surface area contributed by atoms with Crippen molar-refractivity contribution in [3.8, 4) is 16.9 Å². The van der Waals surface area contributed by atoms with E-state index in [1.807, 2.05) is 6.92 Å². The van der Waals surface area contributed by atoms with Crippen molar-refractivity contribution in [2.75, 3.05) is 27.0 Å². The Morgan fingerprint density at radius 3 is 2.32 bits per heavy atom. The molecule has 4 rings (SSSR count). The third-order valence-corrected chi connectivity index (χ3v) is 7.60. The van der Waals surface area contributed by atoms with Crippen molar-refractivity contribution in [1.29, 1.82) is 0 Å². The highest BCUT2D eigenvalue weighted by Gasteiger charge is 2.35. The maximum Gasteiger partial charge on any atom is 0.435 e. The summed E-state index contributed by atoms with van der Waals surface area (Å²) in [5.41, 5.74) is 0.748. The van der Waals surface area contributed by atoms with E-state index in [0.717, 1.165) is 33.5 Å². The number of sulfonamides is 1. The van der Waals surface area contributed by atoms with Crippen LogP contribution in [0, 0.1) is 12.1 Å². The minimum absolute atomic E-state index is 0.0164. The number of nitrogens with one attached hydrogen (secondary N) is 1. The fourth-order valence-electron chi connectivity index (χ4n) is 3.84. The quantitative estimate of drug-likeness (QED) is 0.0548. The fraction of sp³-hybridized carbons (Fsp3) is 0.207. The van der Waals surface area contributed by atoms with Crippen LogP contribution < -0.4 is 4.72 Å². The number of carbonyl (C=O) groups is 2. The summed E-state index contributed by atoms with van der Waals surface area (Å²) in [6.45, 7) is 0.489. The van der Waals surface area contributed by atoms with Gasteiger partial charge >= 0.3 is 18.2 Å². The van der Waals surface area contributed by atoms with E-state index in [1.54, 1.807) is 47.2 Å². The number of aromatic nitrogens is 2. The van der Waals surface area contributed by atoms with Crippen molar-refractivity contribution in [2.24, 2.45) is 5.28 Å². The molecule has 14 nitrogen and oxygen atoms in total. The van der Waals surface area contributed by atoms with E-state index in [0.29, 0.717) is 5.56 Å². The van der Waals surface area contributed by atoms with Crippen LogP contribution in [0.3, 0.4) is 0 Å². The number of halogens is 3. The van der Waals surface area contributed by atoms with Gasteiger partial charge in [-0.15, -0.1) is 5.01 Å². The molecule has 0 aliphatic heterocycles. The van der Waals surface area contributed by atoms with Gasteiger partial charge in [-0.3, -0.25) is 0 Å². The monoisotopic (exact) mass is 676 g/mol. The second-order valence-electron chi connectivity index (χ2n) is 9.69. The number of hydrogen-bond acceptors (Lipinski definition) is 10. The van der Waals surface area contributed by atoms with Gasteiger partial charge in [0.25, 0.3) is 16.8 Å². The Balaban J connectivity index is 1.30. The first-order chi connectivity index (χ1) is 22.2. The Bertz CT molecular complexity index is 1830. The lowest BCUT2D eigenvalue weighted by Gasteiger charge is -2.13. The smallest absolute Gasteiger partial charge is 0.435 e. The van der Waals surface area contributed by atoms with Crippen molar-refractivity contribution in [1.82, 2.24) is 19.5 Å². The SMILES string of the molecule is Cc1ccc(-c2cc(C(F)(F)F)nn2-c2ccc(S(=O)(=O)NC(=O)OCCN(C)/[N+]([O-])=N/OCOC(=O)c3ccccc3)cc2)cc1. The standard InChI is InChI=1S/C29H27F3N6O8S/c1-20-8-10-21(11-9-20)25-18-26(29(30,31)32)33-37(25)23-12-14-24(15-13-23)47(42,43)34-28(40)44-17-16-36(2)38(41)35-46-19-45-27(39)22-6-4-3-5-7-22/h3-15,18H,16-17,19H2,1-2H3,(H,34,40)/b38-35-. The van der Waals surface area contributed by atoms with Crippen LogP contribution in [0.5, 0.6) is 0 Å². The molecule has 3 aromatic carbocycles. The summed E-state index contributed by atoms with van der Waals surface area (Å²) < 4.78 is 78.2. The first-order valence-corrected chi connectivity index (χ1v) is 15.0. The minimum atomic E-state index is -4.72. The number of amides is 1. The lowest BCUT2D eigenvalue weighted by atomic mass is 10.1. The van der Waals surface area contributed by atoms with E-state index in [4.69, 9.17) is 9.47 Å². The summed E-state index contributed by atoms with van der Waals surface area (Å²) in [5, 5.41) is 19.7. The number of ether oxygens (including phenoxy) is 2. The van der Waals surface area contributed by atoms with Gasteiger partial charge in [-0.2, -0.15) is 18.3 Å². The summed E-state index contributed by atoms with van der Waals surface area (Å²) in [6.07, 6.45) is -6.08. The molecule has 1 aromatic heterocycles. The molecule has 47 heavy (non-hydrogen) atoms. The molecule has 18 heteroatoms. The predicted molar refractivity (Wildman–Crippen MR) is 157 cm³/mol. The van der Waals surface area contributed by atoms with Gasteiger partial charge < -0.3 is 19.5 Å². The number of hydrogen-bond donors (Lipinski definition) is 1. The van der Waals surface area contributed by atoms with Crippen molar-refractivity contribution in [2.45, 2.75) is 18.0 Å². The van der Waals surface area contributed by atoms with Crippen molar-refractivity contribution >= 4 is 22.1 Å². The number of hydrazine groups is 1. The van der Waals surface area contributed by atoms with Gasteiger partial charge in [-0.05, 0) is 49.4 Å². The van der Waals surface area contributed by atoms with Crippen LogP contribution in [0.15, 0.2) is 95.1 Å². The number of likely N-dealkylation sites (N-methyl/N-ethyl adjacent to an activating group) is 1. The van der Waals surface area contributed by atoms with Gasteiger partial charge in [0.05, 0.1) is 33.9 Å². The highest BCUT2D eigenvalue weighted by atomic mass is 32.2. The number of esters is 1. The predicted octanol–water partition coefficient (Wildman–Crippen LogP) is 4.84. The molecule has 0 fully saturated rings. The van der Waals surface area contributed by atoms with Crippen molar-refractivity contribution in [3.63, 3.8) is 0 Å². The second-order valence-corrected chi connectivity index (χ2v) is 11.4. The molecule has 0 atom stereocenters. The molecule has 0 aliphatic rings. The highest BCUT2D eigenvalue weighted by Crippen LogP contribution is 2.33. The van der Waals surface area contributed by atoms with Crippen LogP contribution >= 0.6 is 0 Å². The van der Waals surface area contributed by atoms with E-state index >= 15 is 0 Å². The Hall–Kier alpha value is -5.65. The fourth-order valence-corrected chi connectivity index (χ4v) is 4.73. The number of alkyl halides is 3. The molecule has 0 saturated heterocycles. The molecule has 1 amide bonds. The van der Waals surface area contributed by atoms with Gasteiger partial charge in [0.1, 0.15) is 13.2 Å². The molecule has 4 aromatic rings. The number of benzene rings is 3. The summed E-state index contributed by atoms with van der Waals surface area (Å²) in [5.74, 6) is -0.693. The Morgan fingerprint density at radius 1 is 1.02 bits per heavy atom. The molecule has 0 spiro atoms. The third-order valence-electron chi connectivity index (χ3n) is 6.28. The molecule has 0 bridgehead atoms. The first kappa shape index (κ1) is 34.2. The Labute approximate surface area is 266 Å². The van der Waals surface area contributed by atoms with E-state index in [2.05, 4.69) is 15.2 Å². The van der Waals surface area contributed by atoms with Crippen LogP contribution in [0.2, 0.25) is 0 Å². The largest absolute Gasteiger partial charge is 0.569 e. The molecule has 0 radical (unpaired) electrons. The molecule has 0 saturated carbocycles. The second kappa shape index (κ2) is 14.6. The average Bonchev–Trinajstić information content (AvgIpc) is 3.50. The van der Waals surface area contributed by atoms with Crippen molar-refractivity contribution < 1.29 is 50.5 Å². The Morgan fingerprint density at radius 2 is 1.68 bits per heavy atom. The normalized spacial score (nSPS) is 11.9. The van der Waals surface area contributed by atoms with Crippen molar-refractivity contribution in [3.05, 3.63) is 107 Å². The van der Waals surface area contributed by atoms with E-state index in [-0.39, 0.29) is 33.4 Å². The number of aryl methyl sites for hydroxylation is 1. The van der Waals surface area contributed by atoms with Crippen LogP contribution in [-0.4, -0.2) is 67.2 Å². The maximum atomic E-state index is 13.5. The third kappa shape index (κ3) is 9.19. The average molecular weight is 677 g/mol. The zero-order chi connectivity index (χ0) is 34.2. The van der Waals surface area contributed by atoms with Gasteiger partial charge in [0.2, 0.25) is 5.28 Å². The van der Waals surface area contributed by atoms with Crippen LogP contribution in [0.25, 0.3) is 16.9 Å². The minimum Gasteiger partial charge on any atom is -0.569 e. The van der Waals surface area contributed by atoms with Crippen LogP contribution in [-0.2, 0) is 30.5 Å². The molecule has 248 valence electrons. The maximum absolute atomic E-state index is 13.5. The van der Waals surface area contributed by atoms with Crippen LogP contribution in [0.1, 0.15) is 21.6 Å². The van der Waals surface area contributed by atoms with E-state index in [1.165, 1.54) is 31.3 Å². The lowest BCUT2D eigenvalue weighted by molar-refractivity contribution is -0.706. The van der Waals surface area contributed by atoms with Gasteiger partial charge in [-0.25, -0.2) is 27.4 Å². The van der Waals surface area contributed by atoms with Gasteiger partial charge in [0.15, 0.2) is 5.69 Å². The Kier molecular flexibility index (Phi) is 10.7. The topological polar surface area (TPSA) is 167 Å². The number of rotatable bonds is 12. The number of nitrogens with zero attached hydrogens (tertiary/aromatic N) is 5. The molecule has 1 heterocycles. The van der Waals surface area contributed by atoms with E-state index < -0.39 is 47.4 Å². The van der Waals surface area contributed by atoms with Gasteiger partial charge in [0, 0.05) is 5.56 Å². The highest BCUT2D eigenvalue weighted by molar-refractivity contribution is 7.90. The number of carbonyl (C=O) groups excluding carboxylic acids is 2. The van der Waals surface area contributed by atoms with E-state index in [9.17, 15) is 36.4 Å². The van der Waals surface area contributed by atoms with Gasteiger partial charge in [-0.1, -0.05) is 48.0 Å². The zero-order valence-corrected chi connectivity index (χ0v) is 25.6. The summed E-state index contributed by atoms with van der Waals surface area (Å²) in [7, 11) is -3.19. The molecular weight excluding hydrogens is 649 g/mol. The summed E-state index contributed by atoms with van der Waals surface area (Å²) in [6, 6.07) is 20.3.